The number of benzene rings is 1. The fraction of sp³-hybridized carbons (Fsp3) is 0.0769. The Morgan fingerprint density at radius 3 is 2.88 bits per heavy atom. The topological polar surface area (TPSA) is 59.4 Å². The monoisotopic (exact) mass is 229 g/mol. The average Bonchev–Trinajstić information content (AvgIpc) is 2.29. The lowest BCUT2D eigenvalue weighted by Gasteiger charge is -2.05. The van der Waals surface area contributed by atoms with Crippen LogP contribution in [0.3, 0.4) is 0 Å². The molecule has 17 heavy (non-hydrogen) atoms. The molecule has 0 unspecified atom stereocenters. The van der Waals surface area contributed by atoms with Gasteiger partial charge in [-0.1, -0.05) is 18.2 Å². The number of carbonyl (C=O) groups is 1. The average molecular weight is 229 g/mol. The van der Waals surface area contributed by atoms with Crippen molar-refractivity contribution in [3.63, 3.8) is 0 Å². The minimum atomic E-state index is -0.387. The summed E-state index contributed by atoms with van der Waals surface area (Å²) in [4.78, 5) is 15.3. The van der Waals surface area contributed by atoms with Crippen LogP contribution in [0.5, 0.6) is 5.75 Å². The fourth-order valence-electron chi connectivity index (χ4n) is 1.54. The van der Waals surface area contributed by atoms with E-state index in [0.29, 0.717) is 17.0 Å². The van der Waals surface area contributed by atoms with Crippen LogP contribution in [-0.4, -0.2) is 16.1 Å². The van der Waals surface area contributed by atoms with Crippen molar-refractivity contribution >= 4 is 22.9 Å². The van der Waals surface area contributed by atoms with Crippen LogP contribution >= 0.6 is 0 Å². The first kappa shape index (κ1) is 11.1. The van der Waals surface area contributed by atoms with Crippen molar-refractivity contribution in [2.75, 3.05) is 0 Å². The second kappa shape index (κ2) is 4.65. The predicted molar refractivity (Wildman–Crippen MR) is 64.7 cm³/mol. The molecule has 1 heterocycles. The number of nitrogens with zero attached hydrogens (tertiary/aromatic N) is 1. The molecule has 0 fully saturated rings. The highest BCUT2D eigenvalue weighted by atomic mass is 16.5. The van der Waals surface area contributed by atoms with E-state index in [0.717, 1.165) is 11.6 Å². The van der Waals surface area contributed by atoms with E-state index in [-0.39, 0.29) is 5.97 Å². The molecule has 0 aliphatic heterocycles. The number of esters is 1. The van der Waals surface area contributed by atoms with Gasteiger partial charge in [0.25, 0.3) is 0 Å². The maximum absolute atomic E-state index is 11.0. The maximum Gasteiger partial charge on any atom is 0.308 e. The highest BCUT2D eigenvalue weighted by Gasteiger charge is 2.06. The number of hydrogen-bond acceptors (Lipinski definition) is 4. The molecule has 1 aromatic heterocycles. The largest absolute Gasteiger partial charge is 0.516 e. The Kier molecular flexibility index (Phi) is 3.05. The van der Waals surface area contributed by atoms with Gasteiger partial charge in [0.2, 0.25) is 0 Å². The van der Waals surface area contributed by atoms with Gasteiger partial charge < -0.3 is 9.84 Å². The SMILES string of the molecule is CC(=O)Oc1cccc2ccc(/C=C\O)nc12. The van der Waals surface area contributed by atoms with Crippen molar-refractivity contribution in [2.24, 2.45) is 0 Å². The summed E-state index contributed by atoms with van der Waals surface area (Å²) >= 11 is 0. The van der Waals surface area contributed by atoms with E-state index < -0.39 is 0 Å². The normalized spacial score (nSPS) is 10.9. The molecule has 1 aromatic carbocycles. The summed E-state index contributed by atoms with van der Waals surface area (Å²) in [6.07, 6.45) is 2.38. The number of fused-ring (bicyclic) bond motifs is 1. The molecule has 0 spiro atoms. The van der Waals surface area contributed by atoms with Crippen LogP contribution in [0.2, 0.25) is 0 Å². The summed E-state index contributed by atoms with van der Waals surface area (Å²) in [7, 11) is 0. The van der Waals surface area contributed by atoms with Crippen LogP contribution in [0.25, 0.3) is 17.0 Å². The van der Waals surface area contributed by atoms with Crippen molar-refractivity contribution in [2.45, 2.75) is 6.92 Å². The van der Waals surface area contributed by atoms with Crippen LogP contribution in [0, 0.1) is 0 Å². The molecule has 4 heteroatoms. The molecule has 0 saturated carbocycles. The van der Waals surface area contributed by atoms with Crippen molar-refractivity contribution < 1.29 is 14.6 Å². The lowest BCUT2D eigenvalue weighted by molar-refractivity contribution is -0.131. The van der Waals surface area contributed by atoms with Crippen molar-refractivity contribution in [1.82, 2.24) is 4.98 Å². The van der Waals surface area contributed by atoms with E-state index in [1.165, 1.54) is 13.0 Å². The number of hydrogen-bond donors (Lipinski definition) is 1. The van der Waals surface area contributed by atoms with Gasteiger partial charge in [-0.3, -0.25) is 4.79 Å². The second-order valence-corrected chi connectivity index (χ2v) is 3.47. The third kappa shape index (κ3) is 2.42. The lowest BCUT2D eigenvalue weighted by Crippen LogP contribution is -2.02. The summed E-state index contributed by atoms with van der Waals surface area (Å²) in [5, 5.41) is 9.57. The van der Waals surface area contributed by atoms with Crippen molar-refractivity contribution in [3.8, 4) is 5.75 Å². The van der Waals surface area contributed by atoms with Crippen LogP contribution in [0.1, 0.15) is 12.6 Å². The van der Waals surface area contributed by atoms with E-state index in [1.807, 2.05) is 12.1 Å². The Morgan fingerprint density at radius 2 is 2.18 bits per heavy atom. The Bertz CT molecular complexity index is 590. The first-order valence-electron chi connectivity index (χ1n) is 5.09. The van der Waals surface area contributed by atoms with E-state index >= 15 is 0 Å². The summed E-state index contributed by atoms with van der Waals surface area (Å²) < 4.78 is 5.07. The molecule has 0 radical (unpaired) electrons. The molecule has 0 aliphatic rings. The zero-order chi connectivity index (χ0) is 12.3. The summed E-state index contributed by atoms with van der Waals surface area (Å²) in [5.41, 5.74) is 1.19. The van der Waals surface area contributed by atoms with Crippen molar-refractivity contribution in [3.05, 3.63) is 42.3 Å². The highest BCUT2D eigenvalue weighted by molar-refractivity contribution is 5.87. The first-order chi connectivity index (χ1) is 8.20. The lowest BCUT2D eigenvalue weighted by atomic mass is 10.2. The van der Waals surface area contributed by atoms with Gasteiger partial charge in [-0.05, 0) is 18.2 Å². The fourth-order valence-corrected chi connectivity index (χ4v) is 1.54. The zero-order valence-corrected chi connectivity index (χ0v) is 9.25. The van der Waals surface area contributed by atoms with Gasteiger partial charge in [0.05, 0.1) is 12.0 Å². The number of para-hydroxylation sites is 1. The molecular weight excluding hydrogens is 218 g/mol. The standard InChI is InChI=1S/C13H11NO3/c1-9(16)17-12-4-2-3-10-5-6-11(7-8-15)14-13(10)12/h2-8,15H,1H3/b8-7-. The Balaban J connectivity index is 2.59. The van der Waals surface area contributed by atoms with Crippen LogP contribution < -0.4 is 4.74 Å². The molecule has 0 atom stereocenters. The Hall–Kier alpha value is -2.36. The molecule has 2 rings (SSSR count). The first-order valence-corrected chi connectivity index (χ1v) is 5.09. The van der Waals surface area contributed by atoms with Crippen molar-refractivity contribution in [1.29, 1.82) is 0 Å². The maximum atomic E-state index is 11.0. The van der Waals surface area contributed by atoms with Gasteiger partial charge in [-0.25, -0.2) is 4.98 Å². The zero-order valence-electron chi connectivity index (χ0n) is 9.25. The van der Waals surface area contributed by atoms with Gasteiger partial charge >= 0.3 is 5.97 Å². The molecule has 0 bridgehead atoms. The summed E-state index contributed by atoms with van der Waals surface area (Å²) in [6, 6.07) is 8.98. The molecule has 86 valence electrons. The summed E-state index contributed by atoms with van der Waals surface area (Å²) in [6.45, 7) is 1.34. The van der Waals surface area contributed by atoms with E-state index in [1.54, 1.807) is 18.2 Å². The Labute approximate surface area is 98.2 Å². The van der Waals surface area contributed by atoms with Crippen LogP contribution in [0.4, 0.5) is 0 Å². The minimum absolute atomic E-state index is 0.387. The second-order valence-electron chi connectivity index (χ2n) is 3.47. The number of aromatic nitrogens is 1. The number of ether oxygens (including phenoxy) is 1. The molecule has 0 amide bonds. The molecule has 4 nitrogen and oxygen atoms in total. The Morgan fingerprint density at radius 1 is 1.35 bits per heavy atom. The van der Waals surface area contributed by atoms with E-state index in [9.17, 15) is 4.79 Å². The summed E-state index contributed by atoms with van der Waals surface area (Å²) in [5.74, 6) is 0.0330. The third-order valence-corrected chi connectivity index (χ3v) is 2.20. The van der Waals surface area contributed by atoms with Gasteiger partial charge in [0.15, 0.2) is 5.75 Å². The predicted octanol–water partition coefficient (Wildman–Crippen LogP) is 2.69. The molecule has 0 saturated heterocycles. The van der Waals surface area contributed by atoms with E-state index in [2.05, 4.69) is 4.98 Å². The van der Waals surface area contributed by atoms with Crippen LogP contribution in [0.15, 0.2) is 36.6 Å². The highest BCUT2D eigenvalue weighted by Crippen LogP contribution is 2.24. The smallest absolute Gasteiger partial charge is 0.308 e. The van der Waals surface area contributed by atoms with Gasteiger partial charge in [-0.15, -0.1) is 0 Å². The molecule has 0 aliphatic carbocycles. The molecule has 2 aromatic rings. The third-order valence-electron chi connectivity index (χ3n) is 2.20. The number of carbonyl (C=O) groups excluding carboxylic acids is 1. The van der Waals surface area contributed by atoms with Gasteiger partial charge in [0.1, 0.15) is 5.52 Å². The van der Waals surface area contributed by atoms with Gasteiger partial charge in [0, 0.05) is 12.3 Å². The number of aliphatic hydroxyl groups excluding tert-OH is 1. The number of rotatable bonds is 2. The van der Waals surface area contributed by atoms with Gasteiger partial charge in [-0.2, -0.15) is 0 Å². The quantitative estimate of drug-likeness (QED) is 0.488. The molecular formula is C13H11NO3. The number of aliphatic hydroxyl groups is 1. The molecule has 1 N–H and O–H groups in total. The van der Waals surface area contributed by atoms with Crippen LogP contribution in [-0.2, 0) is 4.79 Å². The van der Waals surface area contributed by atoms with E-state index in [4.69, 9.17) is 9.84 Å². The number of pyridine rings is 1. The minimum Gasteiger partial charge on any atom is -0.516 e.